The average molecular weight is 601 g/mol. The lowest BCUT2D eigenvalue weighted by molar-refractivity contribution is 1.33. The first-order valence-electron chi connectivity index (χ1n) is 16.0. The molecular formula is C45H32N2. The van der Waals surface area contributed by atoms with Crippen LogP contribution >= 0.6 is 0 Å². The van der Waals surface area contributed by atoms with Crippen LogP contribution < -0.4 is 0 Å². The highest BCUT2D eigenvalue weighted by molar-refractivity contribution is 6.28. The second-order valence-corrected chi connectivity index (χ2v) is 11.7. The first-order chi connectivity index (χ1) is 23.3. The number of benzene rings is 6. The fraction of sp³-hybridized carbons (Fsp3) is 0.0222. The molecule has 0 atom stereocenters. The van der Waals surface area contributed by atoms with Gasteiger partial charge in [-0.15, -0.1) is 0 Å². The van der Waals surface area contributed by atoms with E-state index in [1.54, 1.807) is 0 Å². The molecule has 0 bridgehead atoms. The molecule has 47 heavy (non-hydrogen) atoms. The van der Waals surface area contributed by atoms with E-state index >= 15 is 0 Å². The van der Waals surface area contributed by atoms with Crippen molar-refractivity contribution in [3.63, 3.8) is 0 Å². The summed E-state index contributed by atoms with van der Waals surface area (Å²) in [7, 11) is 0. The van der Waals surface area contributed by atoms with Crippen molar-refractivity contribution < 1.29 is 0 Å². The molecule has 0 saturated heterocycles. The number of fused-ring (bicyclic) bond motifs is 4. The molecule has 0 N–H and O–H groups in total. The van der Waals surface area contributed by atoms with E-state index in [9.17, 15) is 0 Å². The molecule has 0 saturated carbocycles. The molecule has 8 rings (SSSR count). The Morgan fingerprint density at radius 1 is 0.426 bits per heavy atom. The topological polar surface area (TPSA) is 25.8 Å². The third kappa shape index (κ3) is 5.20. The lowest BCUT2D eigenvalue weighted by Gasteiger charge is -2.20. The van der Waals surface area contributed by atoms with E-state index in [0.29, 0.717) is 0 Å². The summed E-state index contributed by atoms with van der Waals surface area (Å²) in [6.07, 6.45) is 12.5. The standard InChI is InChI=1S/C45H32N2/c1-2-3-6-19-33-28-40-43(34-24-26-41(46-29-34)31-15-7-4-8-16-31)38-22-13-14-23-39(38)44(45(40)37-21-12-11-20-36(33)37)35-25-27-42(47-30-35)32-17-9-5-10-18-32/h2-30H,1H3/b3-2-,19-6-. The quantitative estimate of drug-likeness (QED) is 0.108. The second-order valence-electron chi connectivity index (χ2n) is 11.7. The summed E-state index contributed by atoms with van der Waals surface area (Å²) >= 11 is 0. The number of hydrogen-bond donors (Lipinski definition) is 0. The molecular weight excluding hydrogens is 569 g/mol. The molecule has 0 aliphatic rings. The Labute approximate surface area is 275 Å². The molecule has 222 valence electrons. The zero-order valence-corrected chi connectivity index (χ0v) is 26.1. The minimum absolute atomic E-state index is 0.963. The number of rotatable bonds is 6. The van der Waals surface area contributed by atoms with Crippen LogP contribution in [-0.4, -0.2) is 9.97 Å². The van der Waals surface area contributed by atoms with Gasteiger partial charge in [0.1, 0.15) is 0 Å². The molecule has 0 unspecified atom stereocenters. The van der Waals surface area contributed by atoms with Gasteiger partial charge in [0.15, 0.2) is 0 Å². The van der Waals surface area contributed by atoms with Crippen LogP contribution in [0.2, 0.25) is 0 Å². The van der Waals surface area contributed by atoms with Gasteiger partial charge in [0.05, 0.1) is 11.4 Å². The van der Waals surface area contributed by atoms with Crippen molar-refractivity contribution in [1.29, 1.82) is 0 Å². The van der Waals surface area contributed by atoms with Gasteiger partial charge in [0.25, 0.3) is 0 Å². The van der Waals surface area contributed by atoms with Crippen molar-refractivity contribution in [3.05, 3.63) is 176 Å². The SMILES string of the molecule is C/C=C\C=C/c1cc2c(-c3ccc(-c4ccccc4)nc3)c3ccccc3c(-c3ccc(-c4ccccc4)nc3)c2c2ccccc12. The fourth-order valence-electron chi connectivity index (χ4n) is 6.73. The highest BCUT2D eigenvalue weighted by Gasteiger charge is 2.20. The Kier molecular flexibility index (Phi) is 7.45. The first kappa shape index (κ1) is 28.4. The Balaban J connectivity index is 1.46. The van der Waals surface area contributed by atoms with Crippen LogP contribution in [0.5, 0.6) is 0 Å². The lowest BCUT2D eigenvalue weighted by Crippen LogP contribution is -1.95. The predicted octanol–water partition coefficient (Wildman–Crippen LogP) is 12.2. The Hall–Kier alpha value is -6.12. The normalized spacial score (nSPS) is 11.8. The monoisotopic (exact) mass is 600 g/mol. The Morgan fingerprint density at radius 3 is 1.49 bits per heavy atom. The van der Waals surface area contributed by atoms with Gasteiger partial charge in [-0.25, -0.2) is 0 Å². The molecule has 6 aromatic carbocycles. The van der Waals surface area contributed by atoms with Crippen molar-refractivity contribution >= 4 is 38.4 Å². The minimum Gasteiger partial charge on any atom is -0.256 e. The molecule has 2 nitrogen and oxygen atoms in total. The van der Waals surface area contributed by atoms with Crippen LogP contribution in [0, 0.1) is 0 Å². The molecule has 2 heterocycles. The number of nitrogens with zero attached hydrogens (tertiary/aromatic N) is 2. The first-order valence-corrected chi connectivity index (χ1v) is 16.0. The van der Waals surface area contributed by atoms with Crippen LogP contribution in [0.25, 0.3) is 83.2 Å². The van der Waals surface area contributed by atoms with Crippen LogP contribution in [-0.2, 0) is 0 Å². The Morgan fingerprint density at radius 2 is 0.936 bits per heavy atom. The van der Waals surface area contributed by atoms with E-state index < -0.39 is 0 Å². The van der Waals surface area contributed by atoms with E-state index in [0.717, 1.165) is 33.6 Å². The van der Waals surface area contributed by atoms with Crippen molar-refractivity contribution in [2.24, 2.45) is 0 Å². The number of pyridine rings is 2. The van der Waals surface area contributed by atoms with Crippen LogP contribution in [0.3, 0.4) is 0 Å². The van der Waals surface area contributed by atoms with Gasteiger partial charge in [-0.2, -0.15) is 0 Å². The summed E-state index contributed by atoms with van der Waals surface area (Å²) in [6.45, 7) is 2.04. The maximum atomic E-state index is 4.98. The van der Waals surface area contributed by atoms with Crippen molar-refractivity contribution in [2.75, 3.05) is 0 Å². The second kappa shape index (κ2) is 12.3. The average Bonchev–Trinajstić information content (AvgIpc) is 3.15. The molecule has 8 aromatic rings. The van der Waals surface area contributed by atoms with E-state index in [-0.39, 0.29) is 0 Å². The third-order valence-electron chi connectivity index (χ3n) is 8.88. The molecule has 0 radical (unpaired) electrons. The van der Waals surface area contributed by atoms with Gasteiger partial charge < -0.3 is 0 Å². The maximum Gasteiger partial charge on any atom is 0.0702 e. The van der Waals surface area contributed by atoms with Crippen molar-refractivity contribution in [2.45, 2.75) is 6.92 Å². The van der Waals surface area contributed by atoms with Crippen molar-refractivity contribution in [3.8, 4) is 44.8 Å². The minimum atomic E-state index is 0.963. The molecule has 0 spiro atoms. The summed E-state index contributed by atoms with van der Waals surface area (Å²) < 4.78 is 0. The van der Waals surface area contributed by atoms with Gasteiger partial charge in [-0.1, -0.05) is 146 Å². The van der Waals surface area contributed by atoms with E-state index in [4.69, 9.17) is 9.97 Å². The largest absolute Gasteiger partial charge is 0.256 e. The van der Waals surface area contributed by atoms with Crippen LogP contribution in [0.4, 0.5) is 0 Å². The zero-order chi connectivity index (χ0) is 31.6. The van der Waals surface area contributed by atoms with Gasteiger partial charge in [0, 0.05) is 34.6 Å². The Bertz CT molecular complexity index is 2420. The third-order valence-corrected chi connectivity index (χ3v) is 8.88. The molecule has 2 heteroatoms. The van der Waals surface area contributed by atoms with Gasteiger partial charge in [-0.05, 0) is 74.1 Å². The summed E-state index contributed by atoms with van der Waals surface area (Å²) in [5, 5.41) is 7.23. The van der Waals surface area contributed by atoms with Crippen molar-refractivity contribution in [1.82, 2.24) is 9.97 Å². The van der Waals surface area contributed by atoms with Gasteiger partial charge in [0.2, 0.25) is 0 Å². The summed E-state index contributed by atoms with van der Waals surface area (Å²) in [6, 6.07) is 49.3. The highest BCUT2D eigenvalue weighted by Crippen LogP contribution is 2.47. The smallest absolute Gasteiger partial charge is 0.0702 e. The molecule has 0 aliphatic carbocycles. The predicted molar refractivity (Wildman–Crippen MR) is 200 cm³/mol. The molecule has 2 aromatic heterocycles. The zero-order valence-electron chi connectivity index (χ0n) is 26.1. The molecule has 0 amide bonds. The fourth-order valence-corrected chi connectivity index (χ4v) is 6.73. The highest BCUT2D eigenvalue weighted by atomic mass is 14.7. The van der Waals surface area contributed by atoms with Gasteiger partial charge >= 0.3 is 0 Å². The summed E-state index contributed by atoms with van der Waals surface area (Å²) in [4.78, 5) is 9.95. The molecule has 0 fully saturated rings. The van der Waals surface area contributed by atoms with E-state index in [2.05, 4.69) is 152 Å². The number of allylic oxidation sites excluding steroid dienone is 3. The van der Waals surface area contributed by atoms with E-state index in [1.165, 1.54) is 49.0 Å². The number of hydrogen-bond acceptors (Lipinski definition) is 2. The summed E-state index contributed by atoms with van der Waals surface area (Å²) in [5.74, 6) is 0. The van der Waals surface area contributed by atoms with Crippen LogP contribution in [0.1, 0.15) is 12.5 Å². The lowest BCUT2D eigenvalue weighted by atomic mass is 9.83. The molecule has 0 aliphatic heterocycles. The van der Waals surface area contributed by atoms with E-state index in [1.807, 2.05) is 31.5 Å². The van der Waals surface area contributed by atoms with Crippen LogP contribution in [0.15, 0.2) is 170 Å². The maximum absolute atomic E-state index is 4.98. The summed E-state index contributed by atoms with van der Waals surface area (Å²) in [5.41, 5.74) is 9.89. The van der Waals surface area contributed by atoms with Gasteiger partial charge in [-0.3, -0.25) is 9.97 Å². The number of aromatic nitrogens is 2.